The van der Waals surface area contributed by atoms with Crippen LogP contribution in [-0.2, 0) is 17.9 Å². The van der Waals surface area contributed by atoms with E-state index in [9.17, 15) is 4.79 Å². The largest absolute Gasteiger partial charge is 0.392 e. The normalized spacial score (nSPS) is 28.1. The molecule has 3 atom stereocenters. The first-order valence-corrected chi connectivity index (χ1v) is 7.98. The van der Waals surface area contributed by atoms with E-state index >= 15 is 0 Å². The molecule has 2 fully saturated rings. The van der Waals surface area contributed by atoms with Crippen LogP contribution >= 0.6 is 0 Å². The Bertz CT molecular complexity index is 489. The number of carbonyl (C=O) groups is 1. The van der Waals surface area contributed by atoms with E-state index in [4.69, 9.17) is 5.11 Å². The SMILES string of the molecule is O=C(NCc1cccc(CO)c1)C1CC2CCCCC2N1. The number of amides is 1. The summed E-state index contributed by atoms with van der Waals surface area (Å²) in [6, 6.07) is 8.22. The Morgan fingerprint density at radius 3 is 2.90 bits per heavy atom. The maximum atomic E-state index is 12.3. The van der Waals surface area contributed by atoms with Crippen molar-refractivity contribution in [3.63, 3.8) is 0 Å². The lowest BCUT2D eigenvalue weighted by atomic mass is 9.85. The summed E-state index contributed by atoms with van der Waals surface area (Å²) in [5.41, 5.74) is 1.91. The molecule has 1 heterocycles. The van der Waals surface area contributed by atoms with E-state index in [0.29, 0.717) is 18.5 Å². The van der Waals surface area contributed by atoms with Crippen molar-refractivity contribution in [3.05, 3.63) is 35.4 Å². The predicted molar refractivity (Wildman–Crippen MR) is 81.5 cm³/mol. The quantitative estimate of drug-likeness (QED) is 0.790. The molecule has 4 heteroatoms. The molecule has 0 spiro atoms. The Morgan fingerprint density at radius 1 is 1.29 bits per heavy atom. The van der Waals surface area contributed by atoms with Crippen molar-refractivity contribution in [1.29, 1.82) is 0 Å². The van der Waals surface area contributed by atoms with Crippen molar-refractivity contribution >= 4 is 5.91 Å². The highest BCUT2D eigenvalue weighted by atomic mass is 16.3. The summed E-state index contributed by atoms with van der Waals surface area (Å²) in [7, 11) is 0. The minimum atomic E-state index is -0.0286. The van der Waals surface area contributed by atoms with E-state index in [-0.39, 0.29) is 18.6 Å². The van der Waals surface area contributed by atoms with Gasteiger partial charge in [0.15, 0.2) is 0 Å². The minimum absolute atomic E-state index is 0.0286. The number of hydrogen-bond acceptors (Lipinski definition) is 3. The third-order valence-electron chi connectivity index (χ3n) is 4.82. The standard InChI is InChI=1S/C17H24N2O2/c20-11-13-5-3-4-12(8-13)10-18-17(21)16-9-14-6-1-2-7-15(14)19-16/h3-5,8,14-16,19-20H,1-2,6-7,9-11H2,(H,18,21). The first-order chi connectivity index (χ1) is 10.3. The van der Waals surface area contributed by atoms with Crippen LogP contribution in [0, 0.1) is 5.92 Å². The zero-order valence-corrected chi connectivity index (χ0v) is 12.3. The number of aliphatic hydroxyl groups excluding tert-OH is 1. The van der Waals surface area contributed by atoms with E-state index in [2.05, 4.69) is 10.6 Å². The monoisotopic (exact) mass is 288 g/mol. The molecule has 0 radical (unpaired) electrons. The van der Waals surface area contributed by atoms with Crippen molar-refractivity contribution in [2.24, 2.45) is 5.92 Å². The second-order valence-electron chi connectivity index (χ2n) is 6.30. The van der Waals surface area contributed by atoms with Crippen molar-refractivity contribution in [1.82, 2.24) is 10.6 Å². The summed E-state index contributed by atoms with van der Waals surface area (Å²) < 4.78 is 0. The molecule has 114 valence electrons. The van der Waals surface area contributed by atoms with Gasteiger partial charge in [0.25, 0.3) is 0 Å². The Kier molecular flexibility index (Phi) is 4.56. The third-order valence-corrected chi connectivity index (χ3v) is 4.82. The van der Waals surface area contributed by atoms with Crippen LogP contribution in [-0.4, -0.2) is 23.1 Å². The van der Waals surface area contributed by atoms with Gasteiger partial charge in [-0.15, -0.1) is 0 Å². The van der Waals surface area contributed by atoms with Crippen LogP contribution in [0.15, 0.2) is 24.3 Å². The number of fused-ring (bicyclic) bond motifs is 1. The van der Waals surface area contributed by atoms with Crippen LogP contribution in [0.5, 0.6) is 0 Å². The molecule has 3 unspecified atom stereocenters. The second-order valence-corrected chi connectivity index (χ2v) is 6.30. The molecule has 1 saturated heterocycles. The maximum Gasteiger partial charge on any atom is 0.237 e. The van der Waals surface area contributed by atoms with Crippen LogP contribution in [0.25, 0.3) is 0 Å². The van der Waals surface area contributed by atoms with Crippen LogP contribution in [0.3, 0.4) is 0 Å². The van der Waals surface area contributed by atoms with Gasteiger partial charge in [0, 0.05) is 12.6 Å². The summed E-state index contributed by atoms with van der Waals surface area (Å²) in [5, 5.41) is 15.7. The number of hydrogen-bond donors (Lipinski definition) is 3. The lowest BCUT2D eigenvalue weighted by Gasteiger charge is -2.24. The van der Waals surface area contributed by atoms with E-state index in [1.165, 1.54) is 25.7 Å². The molecule has 1 aliphatic carbocycles. The molecule has 1 amide bonds. The summed E-state index contributed by atoms with van der Waals surface area (Å²) in [6.07, 6.45) is 6.06. The van der Waals surface area contributed by atoms with Crippen molar-refractivity contribution in [3.8, 4) is 0 Å². The molecular weight excluding hydrogens is 264 g/mol. The van der Waals surface area contributed by atoms with Gasteiger partial charge in [0.2, 0.25) is 5.91 Å². The highest BCUT2D eigenvalue weighted by Gasteiger charge is 2.37. The number of rotatable bonds is 4. The first-order valence-electron chi connectivity index (χ1n) is 7.98. The fourth-order valence-corrected chi connectivity index (χ4v) is 3.67. The molecule has 4 nitrogen and oxygen atoms in total. The van der Waals surface area contributed by atoms with Crippen molar-refractivity contribution in [2.45, 2.75) is 57.3 Å². The molecule has 1 aliphatic heterocycles. The van der Waals surface area contributed by atoms with E-state index in [1.54, 1.807) is 0 Å². The number of aliphatic hydroxyl groups is 1. The highest BCUT2D eigenvalue weighted by Crippen LogP contribution is 2.33. The van der Waals surface area contributed by atoms with Gasteiger partial charge in [0.05, 0.1) is 12.6 Å². The molecule has 0 aromatic heterocycles. The lowest BCUT2D eigenvalue weighted by Crippen LogP contribution is -2.42. The smallest absolute Gasteiger partial charge is 0.237 e. The van der Waals surface area contributed by atoms with E-state index < -0.39 is 0 Å². The number of carbonyl (C=O) groups excluding carboxylic acids is 1. The van der Waals surface area contributed by atoms with Gasteiger partial charge < -0.3 is 15.7 Å². The molecule has 3 N–H and O–H groups in total. The fraction of sp³-hybridized carbons (Fsp3) is 0.588. The molecule has 1 aromatic rings. The summed E-state index contributed by atoms with van der Waals surface area (Å²) in [5.74, 6) is 0.797. The van der Waals surface area contributed by atoms with Gasteiger partial charge in [-0.05, 0) is 36.3 Å². The maximum absolute atomic E-state index is 12.3. The molecular formula is C17H24N2O2. The summed E-state index contributed by atoms with van der Waals surface area (Å²) >= 11 is 0. The van der Waals surface area contributed by atoms with E-state index in [1.807, 2.05) is 24.3 Å². The van der Waals surface area contributed by atoms with Crippen LogP contribution in [0.1, 0.15) is 43.2 Å². The van der Waals surface area contributed by atoms with Gasteiger partial charge in [-0.2, -0.15) is 0 Å². The summed E-state index contributed by atoms with van der Waals surface area (Å²) in [6.45, 7) is 0.565. The average Bonchev–Trinajstić information content (AvgIpc) is 2.97. The van der Waals surface area contributed by atoms with Gasteiger partial charge in [0.1, 0.15) is 0 Å². The molecule has 2 aliphatic rings. The highest BCUT2D eigenvalue weighted by molar-refractivity contribution is 5.82. The van der Waals surface area contributed by atoms with Crippen molar-refractivity contribution < 1.29 is 9.90 Å². The fourth-order valence-electron chi connectivity index (χ4n) is 3.67. The van der Waals surface area contributed by atoms with Crippen LogP contribution < -0.4 is 10.6 Å². The molecule has 0 bridgehead atoms. The number of benzene rings is 1. The lowest BCUT2D eigenvalue weighted by molar-refractivity contribution is -0.123. The minimum Gasteiger partial charge on any atom is -0.392 e. The van der Waals surface area contributed by atoms with Gasteiger partial charge in [-0.1, -0.05) is 37.1 Å². The Morgan fingerprint density at radius 2 is 2.10 bits per heavy atom. The average molecular weight is 288 g/mol. The summed E-state index contributed by atoms with van der Waals surface area (Å²) in [4.78, 5) is 12.3. The predicted octanol–water partition coefficient (Wildman–Crippen LogP) is 1.72. The Hall–Kier alpha value is -1.39. The van der Waals surface area contributed by atoms with Gasteiger partial charge in [-0.3, -0.25) is 4.79 Å². The number of nitrogens with one attached hydrogen (secondary N) is 2. The third kappa shape index (κ3) is 3.44. The molecule has 21 heavy (non-hydrogen) atoms. The van der Waals surface area contributed by atoms with Crippen molar-refractivity contribution in [2.75, 3.05) is 0 Å². The Balaban J connectivity index is 1.52. The Labute approximate surface area is 125 Å². The van der Waals surface area contributed by atoms with Crippen LogP contribution in [0.4, 0.5) is 0 Å². The van der Waals surface area contributed by atoms with E-state index in [0.717, 1.165) is 17.5 Å². The first kappa shape index (κ1) is 14.5. The van der Waals surface area contributed by atoms with Gasteiger partial charge in [-0.25, -0.2) is 0 Å². The zero-order valence-electron chi connectivity index (χ0n) is 12.3. The molecule has 1 saturated carbocycles. The van der Waals surface area contributed by atoms with Gasteiger partial charge >= 0.3 is 0 Å². The molecule has 1 aromatic carbocycles. The van der Waals surface area contributed by atoms with Crippen LogP contribution in [0.2, 0.25) is 0 Å². The second kappa shape index (κ2) is 6.58. The topological polar surface area (TPSA) is 61.4 Å². The molecule has 3 rings (SSSR count). The zero-order chi connectivity index (χ0) is 14.7.